The highest BCUT2D eigenvalue weighted by Crippen LogP contribution is 2.35. The highest BCUT2D eigenvalue weighted by atomic mass is 35.5. The van der Waals surface area contributed by atoms with Crippen LogP contribution in [0.25, 0.3) is 11.1 Å². The van der Waals surface area contributed by atoms with Crippen LogP contribution >= 0.6 is 11.6 Å². The zero-order valence-corrected chi connectivity index (χ0v) is 19.2. The number of sulfonamides is 1. The van der Waals surface area contributed by atoms with E-state index in [-0.39, 0.29) is 4.90 Å². The molecule has 1 fully saturated rings. The van der Waals surface area contributed by atoms with Gasteiger partial charge in [0.2, 0.25) is 10.0 Å². The fraction of sp³-hybridized carbons (Fsp3) is 0.318. The molecule has 0 N–H and O–H groups in total. The zero-order chi connectivity index (χ0) is 22.2. The van der Waals surface area contributed by atoms with E-state index < -0.39 is 10.0 Å². The van der Waals surface area contributed by atoms with Crippen molar-refractivity contribution in [2.24, 2.45) is 0 Å². The smallest absolute Gasteiger partial charge is 0.246 e. The van der Waals surface area contributed by atoms with Crippen LogP contribution in [0.2, 0.25) is 5.02 Å². The first-order chi connectivity index (χ1) is 14.8. The molecule has 2 aromatic carbocycles. The Morgan fingerprint density at radius 1 is 1.06 bits per heavy atom. The SMILES string of the molecule is COc1ccc(-c2c(C)noc2C)cc1S(=O)(=O)N1CCN(c2cccc(Cl)c2)CC1. The van der Waals surface area contributed by atoms with E-state index in [9.17, 15) is 8.42 Å². The number of benzene rings is 2. The van der Waals surface area contributed by atoms with Gasteiger partial charge in [-0.2, -0.15) is 4.31 Å². The van der Waals surface area contributed by atoms with Crippen molar-refractivity contribution in [2.75, 3.05) is 38.2 Å². The predicted octanol–water partition coefficient (Wildman–Crippen LogP) is 4.13. The molecule has 0 spiro atoms. The Morgan fingerprint density at radius 3 is 2.42 bits per heavy atom. The van der Waals surface area contributed by atoms with Gasteiger partial charge in [0.05, 0.1) is 12.8 Å². The average molecular weight is 462 g/mol. The lowest BCUT2D eigenvalue weighted by molar-refractivity contribution is 0.374. The number of rotatable bonds is 5. The lowest BCUT2D eigenvalue weighted by atomic mass is 10.0. The molecule has 9 heteroatoms. The van der Waals surface area contributed by atoms with Crippen molar-refractivity contribution in [2.45, 2.75) is 18.7 Å². The molecule has 0 amide bonds. The first-order valence-corrected chi connectivity index (χ1v) is 11.7. The lowest BCUT2D eigenvalue weighted by Gasteiger charge is -2.35. The summed E-state index contributed by atoms with van der Waals surface area (Å²) in [5, 5.41) is 4.64. The Hall–Kier alpha value is -2.55. The normalized spacial score (nSPS) is 15.3. The molecular weight excluding hydrogens is 438 g/mol. The van der Waals surface area contributed by atoms with Gasteiger partial charge >= 0.3 is 0 Å². The molecule has 0 unspecified atom stereocenters. The van der Waals surface area contributed by atoms with Crippen molar-refractivity contribution in [3.63, 3.8) is 0 Å². The fourth-order valence-electron chi connectivity index (χ4n) is 3.93. The number of hydrogen-bond donors (Lipinski definition) is 0. The molecule has 1 aliphatic rings. The summed E-state index contributed by atoms with van der Waals surface area (Å²) < 4.78 is 39.2. The maximum absolute atomic E-state index is 13.5. The van der Waals surface area contributed by atoms with Gasteiger partial charge in [-0.15, -0.1) is 0 Å². The van der Waals surface area contributed by atoms with Crippen LogP contribution in [0.15, 0.2) is 51.9 Å². The van der Waals surface area contributed by atoms with Crippen molar-refractivity contribution < 1.29 is 17.7 Å². The van der Waals surface area contributed by atoms with E-state index in [1.165, 1.54) is 11.4 Å². The van der Waals surface area contributed by atoms with Crippen molar-refractivity contribution >= 4 is 27.3 Å². The van der Waals surface area contributed by atoms with Crippen LogP contribution in [-0.2, 0) is 10.0 Å². The quantitative estimate of drug-likeness (QED) is 0.568. The fourth-order valence-corrected chi connectivity index (χ4v) is 5.72. The minimum atomic E-state index is -3.75. The summed E-state index contributed by atoms with van der Waals surface area (Å²) in [5.41, 5.74) is 3.22. The number of nitrogens with zero attached hydrogens (tertiary/aromatic N) is 3. The van der Waals surface area contributed by atoms with E-state index in [1.54, 1.807) is 12.1 Å². The summed E-state index contributed by atoms with van der Waals surface area (Å²) in [5.74, 6) is 0.953. The first kappa shape index (κ1) is 21.7. The van der Waals surface area contributed by atoms with Gasteiger partial charge in [-0.1, -0.05) is 28.9 Å². The molecular formula is C22H24ClN3O4S. The molecule has 7 nitrogen and oxygen atoms in total. The van der Waals surface area contributed by atoms with E-state index in [0.29, 0.717) is 48.4 Å². The summed E-state index contributed by atoms with van der Waals surface area (Å²) in [6.45, 7) is 5.53. The van der Waals surface area contributed by atoms with Gasteiger partial charge in [0, 0.05) is 42.5 Å². The van der Waals surface area contributed by atoms with E-state index in [0.717, 1.165) is 16.8 Å². The molecule has 1 saturated heterocycles. The topological polar surface area (TPSA) is 75.9 Å². The van der Waals surface area contributed by atoms with E-state index in [1.807, 2.05) is 44.2 Å². The van der Waals surface area contributed by atoms with Crippen LogP contribution in [0.1, 0.15) is 11.5 Å². The molecule has 164 valence electrons. The Bertz CT molecular complexity index is 1180. The molecule has 0 bridgehead atoms. The third-order valence-corrected chi connectivity index (χ3v) is 7.67. The van der Waals surface area contributed by atoms with Gasteiger partial charge in [0.25, 0.3) is 0 Å². The van der Waals surface area contributed by atoms with Gasteiger partial charge in [0.1, 0.15) is 16.4 Å². The highest BCUT2D eigenvalue weighted by Gasteiger charge is 2.31. The van der Waals surface area contributed by atoms with E-state index in [2.05, 4.69) is 10.1 Å². The second-order valence-electron chi connectivity index (χ2n) is 7.44. The third kappa shape index (κ3) is 4.15. The number of hydrogen-bond acceptors (Lipinski definition) is 6. The second-order valence-corrected chi connectivity index (χ2v) is 9.78. The molecule has 4 rings (SSSR count). The van der Waals surface area contributed by atoms with E-state index >= 15 is 0 Å². The number of ether oxygens (including phenoxy) is 1. The largest absolute Gasteiger partial charge is 0.495 e. The first-order valence-electron chi connectivity index (χ1n) is 9.93. The maximum atomic E-state index is 13.5. The molecule has 0 saturated carbocycles. The Kier molecular flexibility index (Phi) is 5.96. The Morgan fingerprint density at radius 2 is 1.81 bits per heavy atom. The molecule has 1 aromatic heterocycles. The number of anilines is 1. The lowest BCUT2D eigenvalue weighted by Crippen LogP contribution is -2.48. The molecule has 31 heavy (non-hydrogen) atoms. The predicted molar refractivity (Wildman–Crippen MR) is 120 cm³/mol. The van der Waals surface area contributed by atoms with Crippen molar-refractivity contribution in [1.29, 1.82) is 0 Å². The van der Waals surface area contributed by atoms with Crippen LogP contribution in [0, 0.1) is 13.8 Å². The van der Waals surface area contributed by atoms with Gasteiger partial charge in [-0.05, 0) is 49.7 Å². The van der Waals surface area contributed by atoms with Crippen LogP contribution in [0.4, 0.5) is 5.69 Å². The average Bonchev–Trinajstić information content (AvgIpc) is 3.11. The summed E-state index contributed by atoms with van der Waals surface area (Å²) in [6, 6.07) is 12.7. The molecule has 3 aromatic rings. The number of piperazine rings is 1. The van der Waals surface area contributed by atoms with Gasteiger partial charge in [0.15, 0.2) is 0 Å². The summed E-state index contributed by atoms with van der Waals surface area (Å²) in [7, 11) is -2.28. The van der Waals surface area contributed by atoms with Crippen molar-refractivity contribution in [3.8, 4) is 16.9 Å². The monoisotopic (exact) mass is 461 g/mol. The minimum Gasteiger partial charge on any atom is -0.495 e. The van der Waals surface area contributed by atoms with Crippen LogP contribution in [0.5, 0.6) is 5.75 Å². The minimum absolute atomic E-state index is 0.142. The molecule has 1 aliphatic heterocycles. The van der Waals surface area contributed by atoms with Crippen LogP contribution in [0.3, 0.4) is 0 Å². The van der Waals surface area contributed by atoms with Crippen LogP contribution in [-0.4, -0.2) is 51.2 Å². The van der Waals surface area contributed by atoms with Crippen molar-refractivity contribution in [1.82, 2.24) is 9.46 Å². The number of methoxy groups -OCH3 is 1. The molecule has 2 heterocycles. The summed E-state index contributed by atoms with van der Waals surface area (Å²) in [4.78, 5) is 2.28. The molecule has 0 atom stereocenters. The highest BCUT2D eigenvalue weighted by molar-refractivity contribution is 7.89. The molecule has 0 radical (unpaired) electrons. The maximum Gasteiger partial charge on any atom is 0.246 e. The Labute approximate surface area is 187 Å². The second kappa shape index (κ2) is 8.53. The van der Waals surface area contributed by atoms with Gasteiger partial charge in [-0.25, -0.2) is 8.42 Å². The van der Waals surface area contributed by atoms with Gasteiger partial charge < -0.3 is 14.2 Å². The number of aromatic nitrogens is 1. The van der Waals surface area contributed by atoms with Gasteiger partial charge in [-0.3, -0.25) is 0 Å². The Balaban J connectivity index is 1.62. The third-order valence-electron chi connectivity index (χ3n) is 5.52. The number of aryl methyl sites for hydroxylation is 2. The van der Waals surface area contributed by atoms with Crippen LogP contribution < -0.4 is 9.64 Å². The summed E-state index contributed by atoms with van der Waals surface area (Å²) in [6.07, 6.45) is 0. The summed E-state index contributed by atoms with van der Waals surface area (Å²) >= 11 is 6.10. The number of halogens is 1. The molecule has 0 aliphatic carbocycles. The standard InChI is InChI=1S/C22H24ClN3O4S/c1-15-22(16(2)30-24-15)17-7-8-20(29-3)21(13-17)31(27,28)26-11-9-25(10-12-26)19-6-4-5-18(23)14-19/h4-8,13-14H,9-12H2,1-3H3. The van der Waals surface area contributed by atoms with E-state index in [4.69, 9.17) is 20.9 Å². The van der Waals surface area contributed by atoms with Crippen molar-refractivity contribution in [3.05, 3.63) is 58.9 Å². The zero-order valence-electron chi connectivity index (χ0n) is 17.6.